The molecule has 0 N–H and O–H groups in total. The Morgan fingerprint density at radius 3 is 2.62 bits per heavy atom. The van der Waals surface area contributed by atoms with Crippen molar-refractivity contribution < 1.29 is 9.18 Å². The molecule has 2 heterocycles. The van der Waals surface area contributed by atoms with E-state index in [-0.39, 0.29) is 11.7 Å². The molecular formula is C23H22FN5OS2. The monoisotopic (exact) mass is 467 g/mol. The number of aromatic nitrogens is 4. The molecule has 4 aromatic rings. The van der Waals surface area contributed by atoms with Crippen molar-refractivity contribution in [2.75, 3.05) is 4.90 Å². The highest BCUT2D eigenvalue weighted by Crippen LogP contribution is 2.33. The van der Waals surface area contributed by atoms with Crippen LogP contribution in [0.25, 0.3) is 11.4 Å². The average molecular weight is 468 g/mol. The van der Waals surface area contributed by atoms with Crippen molar-refractivity contribution in [2.24, 2.45) is 7.05 Å². The van der Waals surface area contributed by atoms with Crippen LogP contribution in [0.1, 0.15) is 25.1 Å². The maximum Gasteiger partial charge on any atom is 0.230 e. The second-order valence-electron chi connectivity index (χ2n) is 7.12. The quantitative estimate of drug-likeness (QED) is 0.330. The van der Waals surface area contributed by atoms with Crippen molar-refractivity contribution in [1.29, 1.82) is 0 Å². The van der Waals surface area contributed by atoms with Crippen LogP contribution in [0.3, 0.4) is 0 Å². The van der Waals surface area contributed by atoms with Crippen LogP contribution in [0.5, 0.6) is 0 Å². The number of aryl methyl sites for hydroxylation is 1. The molecule has 0 spiro atoms. The van der Waals surface area contributed by atoms with Gasteiger partial charge in [-0.3, -0.25) is 9.69 Å². The lowest BCUT2D eigenvalue weighted by Gasteiger charge is -2.20. The van der Waals surface area contributed by atoms with Gasteiger partial charge < -0.3 is 4.57 Å². The minimum absolute atomic E-state index is 0.0725. The molecule has 0 saturated heterocycles. The predicted octanol–water partition coefficient (Wildman–Crippen LogP) is 5.62. The molecule has 6 nitrogen and oxygen atoms in total. The highest BCUT2D eigenvalue weighted by Gasteiger charge is 2.20. The van der Waals surface area contributed by atoms with Crippen molar-refractivity contribution >= 4 is 39.8 Å². The van der Waals surface area contributed by atoms with E-state index in [2.05, 4.69) is 17.1 Å². The zero-order valence-electron chi connectivity index (χ0n) is 17.9. The second kappa shape index (κ2) is 9.62. The molecule has 9 heteroatoms. The molecule has 32 heavy (non-hydrogen) atoms. The van der Waals surface area contributed by atoms with E-state index in [0.29, 0.717) is 16.7 Å². The molecule has 1 amide bonds. The van der Waals surface area contributed by atoms with Gasteiger partial charge in [-0.25, -0.2) is 9.37 Å². The van der Waals surface area contributed by atoms with E-state index in [9.17, 15) is 9.18 Å². The summed E-state index contributed by atoms with van der Waals surface area (Å²) in [5.41, 5.74) is 3.63. The van der Waals surface area contributed by atoms with Gasteiger partial charge in [0.1, 0.15) is 5.82 Å². The first-order valence-electron chi connectivity index (χ1n) is 10.1. The van der Waals surface area contributed by atoms with E-state index >= 15 is 0 Å². The smallest absolute Gasteiger partial charge is 0.230 e. The molecule has 0 bridgehead atoms. The lowest BCUT2D eigenvalue weighted by atomic mass is 10.1. The Morgan fingerprint density at radius 1 is 1.16 bits per heavy atom. The highest BCUT2D eigenvalue weighted by atomic mass is 32.2. The lowest BCUT2D eigenvalue weighted by molar-refractivity contribution is -0.115. The summed E-state index contributed by atoms with van der Waals surface area (Å²) in [5, 5.41) is 11.9. The fraction of sp³-hybridized carbons (Fsp3) is 0.217. The number of carbonyl (C=O) groups is 1. The van der Waals surface area contributed by atoms with E-state index in [1.54, 1.807) is 24.0 Å². The van der Waals surface area contributed by atoms with Crippen LogP contribution >= 0.6 is 23.1 Å². The van der Waals surface area contributed by atoms with E-state index in [0.717, 1.165) is 34.1 Å². The van der Waals surface area contributed by atoms with Crippen LogP contribution in [0, 0.1) is 5.82 Å². The number of para-hydroxylation sites is 1. The van der Waals surface area contributed by atoms with Crippen LogP contribution in [0.15, 0.2) is 59.1 Å². The molecule has 4 rings (SSSR count). The first kappa shape index (κ1) is 22.2. The Hall–Kier alpha value is -3.04. The summed E-state index contributed by atoms with van der Waals surface area (Å²) in [6.07, 6.45) is 0.830. The third-order valence-electron chi connectivity index (χ3n) is 4.95. The molecule has 0 aliphatic carbocycles. The van der Waals surface area contributed by atoms with Gasteiger partial charge in [0.25, 0.3) is 0 Å². The Bertz CT molecular complexity index is 1240. The number of amides is 1. The van der Waals surface area contributed by atoms with E-state index in [1.807, 2.05) is 41.3 Å². The molecule has 2 aromatic heterocycles. The SMILES string of the molecule is CCc1ccccc1N(C(C)=O)c1nc(CSc2nnc(-c3ccc(F)cc3)n2C)cs1. The summed E-state index contributed by atoms with van der Waals surface area (Å²) in [5.74, 6) is 0.903. The summed E-state index contributed by atoms with van der Waals surface area (Å²) in [4.78, 5) is 18.8. The van der Waals surface area contributed by atoms with E-state index in [1.165, 1.54) is 35.2 Å². The van der Waals surface area contributed by atoms with Crippen LogP contribution in [0.2, 0.25) is 0 Å². The van der Waals surface area contributed by atoms with E-state index < -0.39 is 0 Å². The summed E-state index contributed by atoms with van der Waals surface area (Å²) < 4.78 is 15.1. The highest BCUT2D eigenvalue weighted by molar-refractivity contribution is 7.98. The van der Waals surface area contributed by atoms with Crippen LogP contribution in [-0.2, 0) is 24.0 Å². The molecule has 2 aromatic carbocycles. The molecule has 164 valence electrons. The standard InChI is InChI=1S/C23H22FN5OS2/c1-4-16-7-5-6-8-20(16)29(15(2)30)22-25-19(13-31-22)14-32-23-27-26-21(28(23)3)17-9-11-18(24)12-10-17/h5-13H,4,14H2,1-3H3. The Kier molecular flexibility index (Phi) is 6.66. The maximum atomic E-state index is 13.2. The van der Waals surface area contributed by atoms with Gasteiger partial charge >= 0.3 is 0 Å². The zero-order chi connectivity index (χ0) is 22.7. The molecule has 0 unspecified atom stereocenters. The Balaban J connectivity index is 1.51. The van der Waals surface area contributed by atoms with Crippen molar-refractivity contribution in [3.63, 3.8) is 0 Å². The van der Waals surface area contributed by atoms with Gasteiger partial charge in [-0.15, -0.1) is 21.5 Å². The molecule has 0 aliphatic heterocycles. The number of hydrogen-bond acceptors (Lipinski definition) is 6. The van der Waals surface area contributed by atoms with Crippen LogP contribution in [-0.4, -0.2) is 25.7 Å². The van der Waals surface area contributed by atoms with Gasteiger partial charge in [-0.05, 0) is 42.3 Å². The van der Waals surface area contributed by atoms with Crippen molar-refractivity contribution in [2.45, 2.75) is 31.2 Å². The topological polar surface area (TPSA) is 63.9 Å². The number of hydrogen-bond donors (Lipinski definition) is 0. The van der Waals surface area contributed by atoms with Crippen molar-refractivity contribution in [3.8, 4) is 11.4 Å². The Labute approximate surface area is 194 Å². The fourth-order valence-corrected chi connectivity index (χ4v) is 5.12. The first-order valence-corrected chi connectivity index (χ1v) is 12.0. The van der Waals surface area contributed by atoms with Gasteiger partial charge in [0.2, 0.25) is 5.91 Å². The molecule has 0 aliphatic rings. The fourth-order valence-electron chi connectivity index (χ4n) is 3.33. The number of halogens is 1. The summed E-state index contributed by atoms with van der Waals surface area (Å²) in [6.45, 7) is 3.63. The number of benzene rings is 2. The summed E-state index contributed by atoms with van der Waals surface area (Å²) >= 11 is 2.96. The number of rotatable bonds is 7. The summed E-state index contributed by atoms with van der Waals surface area (Å²) in [7, 11) is 1.88. The van der Waals surface area contributed by atoms with E-state index in [4.69, 9.17) is 4.98 Å². The number of carbonyl (C=O) groups excluding carboxylic acids is 1. The largest absolute Gasteiger partial charge is 0.305 e. The summed E-state index contributed by atoms with van der Waals surface area (Å²) in [6, 6.07) is 14.1. The number of nitrogens with zero attached hydrogens (tertiary/aromatic N) is 5. The van der Waals surface area contributed by atoms with Crippen LogP contribution in [0.4, 0.5) is 15.2 Å². The van der Waals surface area contributed by atoms with Gasteiger partial charge in [0.15, 0.2) is 16.1 Å². The van der Waals surface area contributed by atoms with Crippen molar-refractivity contribution in [1.82, 2.24) is 19.7 Å². The molecule has 0 fully saturated rings. The normalized spacial score (nSPS) is 11.0. The number of anilines is 2. The Morgan fingerprint density at radius 2 is 1.91 bits per heavy atom. The number of thioether (sulfide) groups is 1. The zero-order valence-corrected chi connectivity index (χ0v) is 19.6. The second-order valence-corrected chi connectivity index (χ2v) is 8.90. The maximum absolute atomic E-state index is 13.2. The third kappa shape index (κ3) is 4.58. The minimum atomic E-state index is -0.286. The van der Waals surface area contributed by atoms with Gasteiger partial charge in [0, 0.05) is 30.7 Å². The van der Waals surface area contributed by atoms with Crippen molar-refractivity contribution in [3.05, 3.63) is 71.0 Å². The van der Waals surface area contributed by atoms with Gasteiger partial charge in [0.05, 0.1) is 11.4 Å². The molecular weight excluding hydrogens is 445 g/mol. The lowest BCUT2D eigenvalue weighted by Crippen LogP contribution is -2.23. The predicted molar refractivity (Wildman–Crippen MR) is 127 cm³/mol. The van der Waals surface area contributed by atoms with Crippen LogP contribution < -0.4 is 4.90 Å². The molecule has 0 atom stereocenters. The number of thiazole rings is 1. The first-order chi connectivity index (χ1) is 15.5. The minimum Gasteiger partial charge on any atom is -0.305 e. The van der Waals surface area contributed by atoms with Gasteiger partial charge in [-0.2, -0.15) is 0 Å². The molecule has 0 saturated carbocycles. The third-order valence-corrected chi connectivity index (χ3v) is 6.87. The average Bonchev–Trinajstić information content (AvgIpc) is 3.40. The molecule has 0 radical (unpaired) electrons. The van der Waals surface area contributed by atoms with Gasteiger partial charge in [-0.1, -0.05) is 36.9 Å².